The van der Waals surface area contributed by atoms with Gasteiger partial charge in [-0.3, -0.25) is 5.32 Å². The molecule has 1 saturated carbocycles. The number of nitrogens with one attached hydrogen (secondary N) is 1. The van der Waals surface area contributed by atoms with Crippen LogP contribution < -0.4 is 5.32 Å². The van der Waals surface area contributed by atoms with Gasteiger partial charge in [-0.05, 0) is 71.4 Å². The quantitative estimate of drug-likeness (QED) is 0.839. The van der Waals surface area contributed by atoms with Crippen LogP contribution in [-0.2, 0) is 0 Å². The summed E-state index contributed by atoms with van der Waals surface area (Å²) in [5.74, 6) is 0. The lowest BCUT2D eigenvalue weighted by Crippen LogP contribution is -2.48. The van der Waals surface area contributed by atoms with Gasteiger partial charge in [0.25, 0.3) is 0 Å². The molecular formula is C18H33N3. The van der Waals surface area contributed by atoms with Crippen LogP contribution in [0.1, 0.15) is 72.1 Å². The monoisotopic (exact) mass is 291 g/mol. The van der Waals surface area contributed by atoms with E-state index in [1.165, 1.54) is 58.0 Å². The standard InChI is InChI=1S/C18H33N3/c1-16(2)20-17(3,15-19)9-12-21-13-10-18(11-14-21)7-5-4-6-8-18/h16,20H,4-14H2,1-3H3. The topological polar surface area (TPSA) is 39.1 Å². The highest BCUT2D eigenvalue weighted by atomic mass is 15.1. The molecule has 2 aliphatic rings. The summed E-state index contributed by atoms with van der Waals surface area (Å²) in [5.41, 5.74) is 0.303. The zero-order chi connectivity index (χ0) is 15.3. The summed E-state index contributed by atoms with van der Waals surface area (Å²) in [6, 6.07) is 2.83. The Hall–Kier alpha value is -0.590. The predicted molar refractivity (Wildman–Crippen MR) is 88.1 cm³/mol. The van der Waals surface area contributed by atoms with Crippen molar-refractivity contribution in [3.63, 3.8) is 0 Å². The number of likely N-dealkylation sites (tertiary alicyclic amines) is 1. The average Bonchev–Trinajstić information content (AvgIpc) is 2.47. The minimum atomic E-state index is -0.381. The first-order valence-corrected chi connectivity index (χ1v) is 8.88. The lowest BCUT2D eigenvalue weighted by molar-refractivity contribution is 0.0645. The van der Waals surface area contributed by atoms with E-state index in [4.69, 9.17) is 0 Å². The molecule has 1 saturated heterocycles. The smallest absolute Gasteiger partial charge is 0.105 e. The molecule has 2 rings (SSSR count). The molecule has 1 aliphatic carbocycles. The van der Waals surface area contributed by atoms with Crippen molar-refractivity contribution >= 4 is 0 Å². The maximum absolute atomic E-state index is 9.43. The van der Waals surface area contributed by atoms with Crippen LogP contribution in [0.15, 0.2) is 0 Å². The normalized spacial score (nSPS) is 25.7. The first kappa shape index (κ1) is 16.8. The fourth-order valence-electron chi connectivity index (χ4n) is 4.23. The van der Waals surface area contributed by atoms with Crippen molar-refractivity contribution in [1.29, 1.82) is 5.26 Å². The first-order chi connectivity index (χ1) is 9.97. The highest BCUT2D eigenvalue weighted by molar-refractivity contribution is 5.05. The predicted octanol–water partition coefficient (Wildman–Crippen LogP) is 3.70. The van der Waals surface area contributed by atoms with Gasteiger partial charge in [0.2, 0.25) is 0 Å². The summed E-state index contributed by atoms with van der Waals surface area (Å²) >= 11 is 0. The Balaban J connectivity index is 1.77. The van der Waals surface area contributed by atoms with Crippen LogP contribution >= 0.6 is 0 Å². The van der Waals surface area contributed by atoms with Crippen molar-refractivity contribution in [3.05, 3.63) is 0 Å². The van der Waals surface area contributed by atoms with E-state index in [9.17, 15) is 5.26 Å². The number of hydrogen-bond acceptors (Lipinski definition) is 3. The summed E-state index contributed by atoms with van der Waals surface area (Å²) in [6.45, 7) is 9.80. The maximum atomic E-state index is 9.43. The fraction of sp³-hybridized carbons (Fsp3) is 0.944. The third-order valence-electron chi connectivity index (χ3n) is 5.61. The maximum Gasteiger partial charge on any atom is 0.105 e. The summed E-state index contributed by atoms with van der Waals surface area (Å²) in [5, 5.41) is 12.8. The Kier molecular flexibility index (Phi) is 5.68. The van der Waals surface area contributed by atoms with Gasteiger partial charge in [-0.15, -0.1) is 0 Å². The fourth-order valence-corrected chi connectivity index (χ4v) is 4.23. The van der Waals surface area contributed by atoms with E-state index in [0.717, 1.165) is 13.0 Å². The third-order valence-corrected chi connectivity index (χ3v) is 5.61. The Morgan fingerprint density at radius 3 is 2.29 bits per heavy atom. The average molecular weight is 291 g/mol. The number of nitriles is 1. The van der Waals surface area contributed by atoms with Crippen molar-refractivity contribution in [2.75, 3.05) is 19.6 Å². The molecule has 1 atom stereocenters. The SMILES string of the molecule is CC(C)NC(C)(C#N)CCN1CCC2(CCCCC2)CC1. The summed E-state index contributed by atoms with van der Waals surface area (Å²) in [4.78, 5) is 2.58. The van der Waals surface area contributed by atoms with Crippen LogP contribution in [0.4, 0.5) is 0 Å². The Labute approximate surface area is 131 Å². The molecule has 0 aromatic rings. The van der Waals surface area contributed by atoms with E-state index in [0.29, 0.717) is 11.5 Å². The van der Waals surface area contributed by atoms with Crippen molar-refractivity contribution in [2.24, 2.45) is 5.41 Å². The van der Waals surface area contributed by atoms with E-state index < -0.39 is 0 Å². The molecular weight excluding hydrogens is 258 g/mol. The third kappa shape index (κ3) is 4.69. The molecule has 3 nitrogen and oxygen atoms in total. The number of rotatable bonds is 5. The second-order valence-electron chi connectivity index (χ2n) is 7.90. The van der Waals surface area contributed by atoms with Crippen LogP contribution in [-0.4, -0.2) is 36.1 Å². The minimum Gasteiger partial charge on any atom is -0.303 e. The molecule has 0 aromatic heterocycles. The van der Waals surface area contributed by atoms with Crippen molar-refractivity contribution < 1.29 is 0 Å². The highest BCUT2D eigenvalue weighted by Gasteiger charge is 2.36. The van der Waals surface area contributed by atoms with Gasteiger partial charge < -0.3 is 4.90 Å². The van der Waals surface area contributed by atoms with Gasteiger partial charge in [0.05, 0.1) is 6.07 Å². The molecule has 1 heterocycles. The van der Waals surface area contributed by atoms with Gasteiger partial charge in [0.1, 0.15) is 5.54 Å². The van der Waals surface area contributed by atoms with E-state index in [2.05, 4.69) is 30.1 Å². The largest absolute Gasteiger partial charge is 0.303 e. The molecule has 1 spiro atoms. The summed E-state index contributed by atoms with van der Waals surface area (Å²) < 4.78 is 0. The molecule has 0 aromatic carbocycles. The summed E-state index contributed by atoms with van der Waals surface area (Å²) in [6.07, 6.45) is 11.0. The second kappa shape index (κ2) is 7.11. The Morgan fingerprint density at radius 2 is 1.76 bits per heavy atom. The summed E-state index contributed by atoms with van der Waals surface area (Å²) in [7, 11) is 0. The zero-order valence-electron chi connectivity index (χ0n) is 14.2. The molecule has 1 aliphatic heterocycles. The van der Waals surface area contributed by atoms with Crippen LogP contribution in [0, 0.1) is 16.7 Å². The van der Waals surface area contributed by atoms with Crippen molar-refractivity contribution in [3.8, 4) is 6.07 Å². The second-order valence-corrected chi connectivity index (χ2v) is 7.90. The lowest BCUT2D eigenvalue weighted by atomic mass is 9.68. The van der Waals surface area contributed by atoms with E-state index in [1.54, 1.807) is 0 Å². The molecule has 1 N–H and O–H groups in total. The molecule has 0 bridgehead atoms. The molecule has 2 fully saturated rings. The van der Waals surface area contributed by atoms with Crippen LogP contribution in [0.3, 0.4) is 0 Å². The number of nitrogens with zero attached hydrogens (tertiary/aromatic N) is 2. The van der Waals surface area contributed by atoms with Crippen LogP contribution in [0.5, 0.6) is 0 Å². The molecule has 120 valence electrons. The van der Waals surface area contributed by atoms with Crippen LogP contribution in [0.2, 0.25) is 0 Å². The van der Waals surface area contributed by atoms with Crippen LogP contribution in [0.25, 0.3) is 0 Å². The molecule has 21 heavy (non-hydrogen) atoms. The van der Waals surface area contributed by atoms with Crippen molar-refractivity contribution in [2.45, 2.75) is 83.7 Å². The number of piperidine rings is 1. The Morgan fingerprint density at radius 1 is 1.14 bits per heavy atom. The van der Waals surface area contributed by atoms with E-state index >= 15 is 0 Å². The molecule has 1 unspecified atom stereocenters. The number of hydrogen-bond donors (Lipinski definition) is 1. The van der Waals surface area contributed by atoms with Gasteiger partial charge in [0.15, 0.2) is 0 Å². The van der Waals surface area contributed by atoms with E-state index in [1.807, 2.05) is 6.92 Å². The first-order valence-electron chi connectivity index (χ1n) is 8.88. The lowest BCUT2D eigenvalue weighted by Gasteiger charge is -2.44. The van der Waals surface area contributed by atoms with Gasteiger partial charge in [-0.2, -0.15) is 5.26 Å². The minimum absolute atomic E-state index is 0.363. The zero-order valence-corrected chi connectivity index (χ0v) is 14.2. The van der Waals surface area contributed by atoms with Gasteiger partial charge in [0, 0.05) is 12.6 Å². The van der Waals surface area contributed by atoms with Gasteiger partial charge >= 0.3 is 0 Å². The molecule has 0 amide bonds. The van der Waals surface area contributed by atoms with E-state index in [-0.39, 0.29) is 5.54 Å². The van der Waals surface area contributed by atoms with Crippen molar-refractivity contribution in [1.82, 2.24) is 10.2 Å². The molecule has 3 heteroatoms. The van der Waals surface area contributed by atoms with Gasteiger partial charge in [-0.1, -0.05) is 19.3 Å². The van der Waals surface area contributed by atoms with Gasteiger partial charge in [-0.25, -0.2) is 0 Å². The molecule has 0 radical (unpaired) electrons. The Bertz CT molecular complexity index is 355. The highest BCUT2D eigenvalue weighted by Crippen LogP contribution is 2.44.